The Bertz CT molecular complexity index is 727. The first-order chi connectivity index (χ1) is 13.3. The van der Waals surface area contributed by atoms with Gasteiger partial charge in [-0.2, -0.15) is 0 Å². The van der Waals surface area contributed by atoms with Gasteiger partial charge in [0.15, 0.2) is 5.78 Å². The van der Waals surface area contributed by atoms with Gasteiger partial charge >= 0.3 is 0 Å². The first-order valence-corrected chi connectivity index (χ1v) is 10.3. The van der Waals surface area contributed by atoms with Crippen molar-refractivity contribution in [1.29, 1.82) is 0 Å². The Morgan fingerprint density at radius 2 is 1.56 bits per heavy atom. The molecule has 0 amide bonds. The van der Waals surface area contributed by atoms with Crippen molar-refractivity contribution in [2.75, 3.05) is 19.6 Å². The lowest BCUT2D eigenvalue weighted by Crippen LogP contribution is -2.36. The summed E-state index contributed by atoms with van der Waals surface area (Å²) in [5.41, 5.74) is 2.22. The van der Waals surface area contributed by atoms with Crippen LogP contribution in [0.1, 0.15) is 60.4 Å². The van der Waals surface area contributed by atoms with E-state index in [1.807, 2.05) is 30.3 Å². The second kappa shape index (κ2) is 8.71. The van der Waals surface area contributed by atoms with Gasteiger partial charge in [0, 0.05) is 5.56 Å². The third-order valence-corrected chi connectivity index (χ3v) is 6.01. The highest BCUT2D eigenvalue weighted by Gasteiger charge is 2.23. The quantitative estimate of drug-likeness (QED) is 0.671. The number of Topliss-reactive ketones (excluding diaryl/α,β-unsaturated/α-hetero) is 1. The number of benzene rings is 2. The Kier molecular flexibility index (Phi) is 5.88. The van der Waals surface area contributed by atoms with E-state index >= 15 is 0 Å². The monoisotopic (exact) mass is 363 g/mol. The second-order valence-electron chi connectivity index (χ2n) is 7.93. The molecule has 1 saturated carbocycles. The van der Waals surface area contributed by atoms with Gasteiger partial charge in [-0.25, -0.2) is 0 Å². The van der Waals surface area contributed by atoms with E-state index in [9.17, 15) is 4.79 Å². The van der Waals surface area contributed by atoms with Gasteiger partial charge in [0.25, 0.3) is 0 Å². The summed E-state index contributed by atoms with van der Waals surface area (Å²) in [6.45, 7) is 2.51. The number of carbonyl (C=O) groups is 1. The number of piperidine rings is 1. The Hall–Kier alpha value is -2.13. The Labute approximate surface area is 162 Å². The van der Waals surface area contributed by atoms with E-state index in [1.54, 1.807) is 0 Å². The zero-order chi connectivity index (χ0) is 18.5. The van der Waals surface area contributed by atoms with Crippen molar-refractivity contribution in [1.82, 2.24) is 4.90 Å². The number of hydrogen-bond donors (Lipinski definition) is 0. The van der Waals surface area contributed by atoms with E-state index in [0.717, 1.165) is 37.2 Å². The zero-order valence-electron chi connectivity index (χ0n) is 16.0. The molecule has 2 aromatic carbocycles. The van der Waals surface area contributed by atoms with Crippen molar-refractivity contribution in [3.8, 4) is 5.75 Å². The molecule has 3 nitrogen and oxygen atoms in total. The topological polar surface area (TPSA) is 29.5 Å². The molecule has 0 atom stereocenters. The summed E-state index contributed by atoms with van der Waals surface area (Å²) in [4.78, 5) is 14.7. The Morgan fingerprint density at radius 3 is 2.22 bits per heavy atom. The maximum atomic E-state index is 12.4. The van der Waals surface area contributed by atoms with Gasteiger partial charge < -0.3 is 4.74 Å². The molecule has 1 saturated heterocycles. The summed E-state index contributed by atoms with van der Waals surface area (Å²) in [7, 11) is 0. The minimum atomic E-state index is 0.225. The molecule has 0 spiro atoms. The third-order valence-electron chi connectivity index (χ3n) is 6.01. The highest BCUT2D eigenvalue weighted by Crippen LogP contribution is 2.30. The molecule has 2 fully saturated rings. The molecular weight excluding hydrogens is 334 g/mol. The molecule has 4 rings (SSSR count). The fourth-order valence-electron chi connectivity index (χ4n) is 4.36. The molecule has 1 aliphatic heterocycles. The van der Waals surface area contributed by atoms with Crippen LogP contribution >= 0.6 is 0 Å². The average molecular weight is 364 g/mol. The summed E-state index contributed by atoms with van der Waals surface area (Å²) in [5, 5.41) is 0. The number of ketones is 1. The first-order valence-electron chi connectivity index (χ1n) is 10.3. The molecule has 0 aromatic heterocycles. The SMILES string of the molecule is O=C(CN1CCC(c2ccc(OC3CCCC3)cc2)CC1)c1ccccc1. The van der Waals surface area contributed by atoms with Crippen molar-refractivity contribution >= 4 is 5.78 Å². The van der Waals surface area contributed by atoms with Gasteiger partial charge in [0.05, 0.1) is 12.6 Å². The second-order valence-corrected chi connectivity index (χ2v) is 7.93. The van der Waals surface area contributed by atoms with E-state index in [1.165, 1.54) is 31.2 Å². The largest absolute Gasteiger partial charge is 0.490 e. The lowest BCUT2D eigenvalue weighted by Gasteiger charge is -2.31. The number of rotatable bonds is 6. The van der Waals surface area contributed by atoms with E-state index < -0.39 is 0 Å². The maximum absolute atomic E-state index is 12.4. The van der Waals surface area contributed by atoms with Crippen LogP contribution in [0.4, 0.5) is 0 Å². The number of likely N-dealkylation sites (tertiary alicyclic amines) is 1. The zero-order valence-corrected chi connectivity index (χ0v) is 16.0. The lowest BCUT2D eigenvalue weighted by molar-refractivity contribution is 0.0909. The maximum Gasteiger partial charge on any atom is 0.176 e. The third kappa shape index (κ3) is 4.78. The van der Waals surface area contributed by atoms with Crippen LogP contribution in [0, 0.1) is 0 Å². The van der Waals surface area contributed by atoms with E-state index in [4.69, 9.17) is 4.74 Å². The summed E-state index contributed by atoms with van der Waals surface area (Å²) < 4.78 is 6.07. The highest BCUT2D eigenvalue weighted by atomic mass is 16.5. The smallest absolute Gasteiger partial charge is 0.176 e. The highest BCUT2D eigenvalue weighted by molar-refractivity contribution is 5.97. The normalized spacial score (nSPS) is 19.3. The molecule has 2 aromatic rings. The van der Waals surface area contributed by atoms with E-state index in [2.05, 4.69) is 29.2 Å². The molecule has 2 aliphatic rings. The summed E-state index contributed by atoms with van der Waals surface area (Å²) in [6.07, 6.45) is 7.64. The minimum absolute atomic E-state index is 0.225. The standard InChI is InChI=1S/C24H29NO2/c26-24(21-6-2-1-3-7-21)18-25-16-14-20(15-17-25)19-10-12-23(13-11-19)27-22-8-4-5-9-22/h1-3,6-7,10-13,20,22H,4-5,8-9,14-18H2. The van der Waals surface area contributed by atoms with Crippen LogP contribution in [0.25, 0.3) is 0 Å². The minimum Gasteiger partial charge on any atom is -0.490 e. The first kappa shape index (κ1) is 18.2. The molecule has 1 aliphatic carbocycles. The van der Waals surface area contributed by atoms with Crippen molar-refractivity contribution in [3.05, 3.63) is 65.7 Å². The molecule has 3 heteroatoms. The van der Waals surface area contributed by atoms with Crippen molar-refractivity contribution in [3.63, 3.8) is 0 Å². The lowest BCUT2D eigenvalue weighted by atomic mass is 9.89. The van der Waals surface area contributed by atoms with Crippen LogP contribution in [0.5, 0.6) is 5.75 Å². The van der Waals surface area contributed by atoms with Gasteiger partial charge in [0.2, 0.25) is 0 Å². The van der Waals surface area contributed by atoms with Crippen LogP contribution in [0.2, 0.25) is 0 Å². The number of hydrogen-bond acceptors (Lipinski definition) is 3. The fraction of sp³-hybridized carbons (Fsp3) is 0.458. The number of nitrogens with zero attached hydrogens (tertiary/aromatic N) is 1. The molecule has 0 unspecified atom stereocenters. The molecule has 142 valence electrons. The Morgan fingerprint density at radius 1 is 0.889 bits per heavy atom. The predicted molar refractivity (Wildman–Crippen MR) is 109 cm³/mol. The van der Waals surface area contributed by atoms with Crippen LogP contribution in [0.15, 0.2) is 54.6 Å². The van der Waals surface area contributed by atoms with Gasteiger partial charge in [-0.1, -0.05) is 42.5 Å². The van der Waals surface area contributed by atoms with Crippen LogP contribution in [0.3, 0.4) is 0 Å². The van der Waals surface area contributed by atoms with Crippen LogP contribution in [-0.2, 0) is 0 Å². The van der Waals surface area contributed by atoms with Gasteiger partial charge in [-0.05, 0) is 75.2 Å². The molecule has 27 heavy (non-hydrogen) atoms. The van der Waals surface area contributed by atoms with E-state index in [-0.39, 0.29) is 5.78 Å². The molecule has 0 N–H and O–H groups in total. The van der Waals surface area contributed by atoms with Gasteiger partial charge in [0.1, 0.15) is 5.75 Å². The van der Waals surface area contributed by atoms with Crippen molar-refractivity contribution < 1.29 is 9.53 Å². The van der Waals surface area contributed by atoms with Crippen molar-refractivity contribution in [2.24, 2.45) is 0 Å². The molecule has 1 heterocycles. The fourth-order valence-corrected chi connectivity index (χ4v) is 4.36. The van der Waals surface area contributed by atoms with Crippen molar-refractivity contribution in [2.45, 2.75) is 50.5 Å². The van der Waals surface area contributed by atoms with Gasteiger partial charge in [-0.3, -0.25) is 9.69 Å². The van der Waals surface area contributed by atoms with E-state index in [0.29, 0.717) is 18.6 Å². The van der Waals surface area contributed by atoms with Crippen LogP contribution < -0.4 is 4.74 Å². The molecule has 0 radical (unpaired) electrons. The average Bonchev–Trinajstić information content (AvgIpc) is 3.23. The molecular formula is C24H29NO2. The predicted octanol–water partition coefficient (Wildman–Crippen LogP) is 5.07. The summed E-state index contributed by atoms with van der Waals surface area (Å²) >= 11 is 0. The summed E-state index contributed by atoms with van der Waals surface area (Å²) in [5.74, 6) is 1.83. The van der Waals surface area contributed by atoms with Crippen LogP contribution in [-0.4, -0.2) is 36.4 Å². The summed E-state index contributed by atoms with van der Waals surface area (Å²) in [6, 6.07) is 18.4. The Balaban J connectivity index is 1.26. The number of ether oxygens (including phenoxy) is 1. The number of carbonyl (C=O) groups excluding carboxylic acids is 1. The van der Waals surface area contributed by atoms with Gasteiger partial charge in [-0.15, -0.1) is 0 Å². The molecule has 0 bridgehead atoms.